The molecule has 0 saturated carbocycles. The monoisotopic (exact) mass is 180 g/mol. The van der Waals surface area contributed by atoms with E-state index in [1.807, 2.05) is 0 Å². The minimum absolute atomic E-state index is 0.0496. The van der Waals surface area contributed by atoms with E-state index in [0.29, 0.717) is 0 Å². The van der Waals surface area contributed by atoms with Gasteiger partial charge in [-0.15, -0.1) is 11.6 Å². The number of halogens is 1. The lowest BCUT2D eigenvalue weighted by atomic mass is 10.2. The van der Waals surface area contributed by atoms with E-state index in [-0.39, 0.29) is 18.0 Å². The molecule has 0 aromatic carbocycles. The fourth-order valence-corrected chi connectivity index (χ4v) is 1.40. The molecule has 66 valence electrons. The summed E-state index contributed by atoms with van der Waals surface area (Å²) in [6, 6.07) is 0. The molecule has 1 rings (SSSR count). The maximum atomic E-state index is 5.90. The van der Waals surface area contributed by atoms with Gasteiger partial charge < -0.3 is 14.2 Å². The van der Waals surface area contributed by atoms with Crippen molar-refractivity contribution in [3.63, 3.8) is 0 Å². The SMILES string of the molecule is CO[C@H]1CC[C@H](Cl)[C@@H](OC)O1. The highest BCUT2D eigenvalue weighted by Crippen LogP contribution is 2.24. The molecule has 1 fully saturated rings. The van der Waals surface area contributed by atoms with Crippen LogP contribution in [0.3, 0.4) is 0 Å². The second-order valence-electron chi connectivity index (χ2n) is 2.50. The van der Waals surface area contributed by atoms with E-state index in [1.165, 1.54) is 0 Å². The molecule has 1 aliphatic heterocycles. The molecule has 1 heterocycles. The number of hydrogen-bond donors (Lipinski definition) is 0. The van der Waals surface area contributed by atoms with Gasteiger partial charge in [0.25, 0.3) is 0 Å². The van der Waals surface area contributed by atoms with Gasteiger partial charge in [-0.1, -0.05) is 0 Å². The van der Waals surface area contributed by atoms with Gasteiger partial charge in [0.15, 0.2) is 12.6 Å². The molecule has 0 amide bonds. The number of alkyl halides is 1. The average Bonchev–Trinajstić information content (AvgIpc) is 2.05. The Morgan fingerprint density at radius 3 is 2.55 bits per heavy atom. The molecule has 0 unspecified atom stereocenters. The van der Waals surface area contributed by atoms with E-state index < -0.39 is 0 Å². The average molecular weight is 181 g/mol. The third kappa shape index (κ3) is 2.30. The molecule has 0 N–H and O–H groups in total. The van der Waals surface area contributed by atoms with Crippen molar-refractivity contribution in [2.75, 3.05) is 14.2 Å². The van der Waals surface area contributed by atoms with E-state index in [0.717, 1.165) is 12.8 Å². The molecule has 4 heteroatoms. The van der Waals surface area contributed by atoms with Crippen molar-refractivity contribution < 1.29 is 14.2 Å². The van der Waals surface area contributed by atoms with Crippen LogP contribution in [0.1, 0.15) is 12.8 Å². The third-order valence-corrected chi connectivity index (χ3v) is 2.18. The molecular weight excluding hydrogens is 168 g/mol. The first-order valence-electron chi connectivity index (χ1n) is 3.63. The van der Waals surface area contributed by atoms with Crippen molar-refractivity contribution >= 4 is 11.6 Å². The molecular formula is C7H13ClO3. The molecule has 3 nitrogen and oxygen atoms in total. The van der Waals surface area contributed by atoms with Crippen LogP contribution in [-0.2, 0) is 14.2 Å². The van der Waals surface area contributed by atoms with E-state index in [4.69, 9.17) is 25.8 Å². The Hall–Kier alpha value is 0.170. The van der Waals surface area contributed by atoms with Gasteiger partial charge >= 0.3 is 0 Å². The van der Waals surface area contributed by atoms with Crippen LogP contribution >= 0.6 is 11.6 Å². The van der Waals surface area contributed by atoms with Crippen molar-refractivity contribution in [2.24, 2.45) is 0 Å². The Morgan fingerprint density at radius 2 is 2.00 bits per heavy atom. The van der Waals surface area contributed by atoms with Gasteiger partial charge in [0.2, 0.25) is 0 Å². The Kier molecular flexibility index (Phi) is 3.59. The quantitative estimate of drug-likeness (QED) is 0.601. The van der Waals surface area contributed by atoms with Gasteiger partial charge in [-0.2, -0.15) is 0 Å². The predicted molar refractivity (Wildman–Crippen MR) is 41.6 cm³/mol. The fourth-order valence-electron chi connectivity index (χ4n) is 1.11. The minimum Gasteiger partial charge on any atom is -0.356 e. The molecule has 3 atom stereocenters. The minimum atomic E-state index is -0.324. The normalized spacial score (nSPS) is 39.0. The van der Waals surface area contributed by atoms with E-state index in [2.05, 4.69) is 0 Å². The summed E-state index contributed by atoms with van der Waals surface area (Å²) in [5, 5.41) is -0.0496. The molecule has 11 heavy (non-hydrogen) atoms. The summed E-state index contributed by atoms with van der Waals surface area (Å²) >= 11 is 5.90. The standard InChI is InChI=1S/C7H13ClO3/c1-9-6-4-3-5(8)7(10-2)11-6/h5-7H,3-4H2,1-2H3/t5-,6+,7-/m0/s1. The van der Waals surface area contributed by atoms with E-state index in [9.17, 15) is 0 Å². The van der Waals surface area contributed by atoms with Gasteiger partial charge in [-0.25, -0.2) is 0 Å². The van der Waals surface area contributed by atoms with Gasteiger partial charge in [-0.3, -0.25) is 0 Å². The van der Waals surface area contributed by atoms with Crippen LogP contribution in [0.4, 0.5) is 0 Å². The van der Waals surface area contributed by atoms with Crippen molar-refractivity contribution in [2.45, 2.75) is 30.8 Å². The zero-order valence-electron chi connectivity index (χ0n) is 6.75. The second-order valence-corrected chi connectivity index (χ2v) is 3.06. The third-order valence-electron chi connectivity index (χ3n) is 1.75. The zero-order chi connectivity index (χ0) is 8.27. The van der Waals surface area contributed by atoms with Crippen molar-refractivity contribution in [1.29, 1.82) is 0 Å². The molecule has 0 bridgehead atoms. The highest BCUT2D eigenvalue weighted by Gasteiger charge is 2.29. The zero-order valence-corrected chi connectivity index (χ0v) is 7.50. The van der Waals surface area contributed by atoms with Gasteiger partial charge in [0.05, 0.1) is 5.38 Å². The topological polar surface area (TPSA) is 27.7 Å². The fraction of sp³-hybridized carbons (Fsp3) is 1.00. The van der Waals surface area contributed by atoms with Crippen molar-refractivity contribution in [3.8, 4) is 0 Å². The Labute approximate surface area is 71.6 Å². The number of rotatable bonds is 2. The number of methoxy groups -OCH3 is 2. The lowest BCUT2D eigenvalue weighted by molar-refractivity contribution is -0.249. The Balaban J connectivity index is 2.37. The van der Waals surface area contributed by atoms with E-state index >= 15 is 0 Å². The van der Waals surface area contributed by atoms with Crippen LogP contribution in [-0.4, -0.2) is 32.2 Å². The molecule has 1 saturated heterocycles. The Morgan fingerprint density at radius 1 is 1.27 bits per heavy atom. The Bertz CT molecular complexity index is 120. The van der Waals surface area contributed by atoms with Gasteiger partial charge in [-0.05, 0) is 6.42 Å². The van der Waals surface area contributed by atoms with Crippen molar-refractivity contribution in [3.05, 3.63) is 0 Å². The first-order valence-corrected chi connectivity index (χ1v) is 4.06. The lowest BCUT2D eigenvalue weighted by Crippen LogP contribution is -2.37. The van der Waals surface area contributed by atoms with Crippen LogP contribution in [0, 0.1) is 0 Å². The van der Waals surface area contributed by atoms with Crippen molar-refractivity contribution in [1.82, 2.24) is 0 Å². The molecule has 0 aromatic rings. The van der Waals surface area contributed by atoms with Crippen LogP contribution in [0.15, 0.2) is 0 Å². The summed E-state index contributed by atoms with van der Waals surface area (Å²) in [7, 11) is 3.20. The molecule has 0 aliphatic carbocycles. The maximum absolute atomic E-state index is 5.90. The summed E-state index contributed by atoms with van der Waals surface area (Å²) < 4.78 is 15.3. The smallest absolute Gasteiger partial charge is 0.176 e. The maximum Gasteiger partial charge on any atom is 0.176 e. The molecule has 1 aliphatic rings. The van der Waals surface area contributed by atoms with Gasteiger partial charge in [0, 0.05) is 20.6 Å². The largest absolute Gasteiger partial charge is 0.356 e. The number of hydrogen-bond acceptors (Lipinski definition) is 3. The van der Waals surface area contributed by atoms with Crippen LogP contribution in [0.5, 0.6) is 0 Å². The summed E-state index contributed by atoms with van der Waals surface area (Å²) in [5.41, 5.74) is 0. The molecule has 0 spiro atoms. The summed E-state index contributed by atoms with van der Waals surface area (Å²) in [6.45, 7) is 0. The van der Waals surface area contributed by atoms with Gasteiger partial charge in [0.1, 0.15) is 0 Å². The molecule has 0 aromatic heterocycles. The van der Waals surface area contributed by atoms with Crippen LogP contribution in [0.2, 0.25) is 0 Å². The summed E-state index contributed by atoms with van der Waals surface area (Å²) in [6.07, 6.45) is 1.23. The first kappa shape index (κ1) is 9.26. The van der Waals surface area contributed by atoms with Crippen LogP contribution in [0.25, 0.3) is 0 Å². The highest BCUT2D eigenvalue weighted by atomic mass is 35.5. The number of ether oxygens (including phenoxy) is 3. The summed E-state index contributed by atoms with van der Waals surface area (Å²) in [5.74, 6) is 0. The molecule has 0 radical (unpaired) electrons. The first-order chi connectivity index (χ1) is 5.27. The second kappa shape index (κ2) is 4.26. The highest BCUT2D eigenvalue weighted by molar-refractivity contribution is 6.20. The lowest BCUT2D eigenvalue weighted by Gasteiger charge is -2.31. The predicted octanol–water partition coefficient (Wildman–Crippen LogP) is 1.35. The van der Waals surface area contributed by atoms with E-state index in [1.54, 1.807) is 14.2 Å². The van der Waals surface area contributed by atoms with Crippen LogP contribution < -0.4 is 0 Å². The summed E-state index contributed by atoms with van der Waals surface area (Å²) in [4.78, 5) is 0.